The molecule has 1 aromatic heterocycles. The smallest absolute Gasteiger partial charge is 0.269 e. The Balaban J connectivity index is 1.68. The van der Waals surface area contributed by atoms with E-state index in [0.717, 1.165) is 33.2 Å². The topological polar surface area (TPSA) is 77.5 Å². The number of methoxy groups -OCH3 is 1. The largest absolute Gasteiger partial charge is 0.495 e. The zero-order valence-electron chi connectivity index (χ0n) is 14.1. The molecule has 0 saturated heterocycles. The Hall–Kier alpha value is -3.54. The molecular weight excluding hydrogens is 332 g/mol. The predicted molar refractivity (Wildman–Crippen MR) is 101 cm³/mol. The highest BCUT2D eigenvalue weighted by molar-refractivity contribution is 6.06. The Kier molecular flexibility index (Phi) is 3.93. The molecule has 4 aromatic rings. The van der Waals surface area contributed by atoms with Gasteiger partial charge in [0.25, 0.3) is 5.69 Å². The predicted octanol–water partition coefficient (Wildman–Crippen LogP) is 5.11. The van der Waals surface area contributed by atoms with E-state index in [1.807, 2.05) is 42.5 Å². The van der Waals surface area contributed by atoms with Crippen molar-refractivity contribution >= 4 is 33.3 Å². The number of benzene rings is 3. The van der Waals surface area contributed by atoms with Crippen LogP contribution in [0.15, 0.2) is 65.1 Å². The Morgan fingerprint density at radius 3 is 2.69 bits per heavy atom. The van der Waals surface area contributed by atoms with Gasteiger partial charge >= 0.3 is 0 Å². The van der Waals surface area contributed by atoms with Crippen molar-refractivity contribution in [2.24, 2.45) is 0 Å². The molecule has 0 atom stereocenters. The lowest BCUT2D eigenvalue weighted by Crippen LogP contribution is -2.02. The minimum atomic E-state index is -0.398. The quantitative estimate of drug-likeness (QED) is 0.400. The standard InChI is InChI=1S/C20H16N2O4/c1-25-20-10-16-15-7-2-3-8-18(15)26-19(16)11-17(20)21-12-13-5-4-6-14(9-13)22(23)24/h2-11,21H,12H2,1H3. The van der Waals surface area contributed by atoms with Gasteiger partial charge in [-0.25, -0.2) is 0 Å². The van der Waals surface area contributed by atoms with Crippen LogP contribution in [0.25, 0.3) is 21.9 Å². The molecule has 1 N–H and O–H groups in total. The molecule has 0 fully saturated rings. The molecule has 0 bridgehead atoms. The Bertz CT molecular complexity index is 1120. The summed E-state index contributed by atoms with van der Waals surface area (Å²) in [5, 5.41) is 16.2. The number of ether oxygens (including phenoxy) is 1. The summed E-state index contributed by atoms with van der Waals surface area (Å²) >= 11 is 0. The van der Waals surface area contributed by atoms with Crippen molar-refractivity contribution in [2.75, 3.05) is 12.4 Å². The molecule has 0 radical (unpaired) electrons. The number of hydrogen-bond acceptors (Lipinski definition) is 5. The number of furan rings is 1. The van der Waals surface area contributed by atoms with Crippen LogP contribution in [0, 0.1) is 10.1 Å². The molecule has 0 aliphatic rings. The van der Waals surface area contributed by atoms with Gasteiger partial charge in [-0.05, 0) is 17.7 Å². The highest BCUT2D eigenvalue weighted by Crippen LogP contribution is 2.36. The number of fused-ring (bicyclic) bond motifs is 3. The van der Waals surface area contributed by atoms with Crippen LogP contribution in [-0.2, 0) is 6.54 Å². The third-order valence-corrected chi connectivity index (χ3v) is 4.30. The number of nitro benzene ring substituents is 1. The first-order chi connectivity index (χ1) is 12.7. The van der Waals surface area contributed by atoms with E-state index in [1.54, 1.807) is 19.2 Å². The summed E-state index contributed by atoms with van der Waals surface area (Å²) in [5.74, 6) is 0.689. The molecule has 0 aliphatic carbocycles. The maximum absolute atomic E-state index is 10.9. The third-order valence-electron chi connectivity index (χ3n) is 4.30. The maximum atomic E-state index is 10.9. The molecular formula is C20H16N2O4. The van der Waals surface area contributed by atoms with Gasteiger partial charge in [0.2, 0.25) is 0 Å². The molecule has 0 aliphatic heterocycles. The lowest BCUT2D eigenvalue weighted by molar-refractivity contribution is -0.384. The molecule has 1 heterocycles. The number of para-hydroxylation sites is 1. The molecule has 3 aromatic carbocycles. The molecule has 6 nitrogen and oxygen atoms in total. The summed E-state index contributed by atoms with van der Waals surface area (Å²) in [6, 6.07) is 18.2. The van der Waals surface area contributed by atoms with Crippen LogP contribution in [-0.4, -0.2) is 12.0 Å². The summed E-state index contributed by atoms with van der Waals surface area (Å²) < 4.78 is 11.4. The van der Waals surface area contributed by atoms with Crippen molar-refractivity contribution < 1.29 is 14.1 Å². The fourth-order valence-electron chi connectivity index (χ4n) is 3.04. The van der Waals surface area contributed by atoms with Gasteiger partial charge in [0.15, 0.2) is 0 Å². The second-order valence-corrected chi connectivity index (χ2v) is 5.93. The average molecular weight is 348 g/mol. The van der Waals surface area contributed by atoms with Crippen LogP contribution >= 0.6 is 0 Å². The first-order valence-corrected chi connectivity index (χ1v) is 8.12. The first-order valence-electron chi connectivity index (χ1n) is 8.12. The van der Waals surface area contributed by atoms with Crippen molar-refractivity contribution in [3.8, 4) is 5.75 Å². The lowest BCUT2D eigenvalue weighted by Gasteiger charge is -2.11. The summed E-state index contributed by atoms with van der Waals surface area (Å²) in [6.07, 6.45) is 0. The van der Waals surface area contributed by atoms with Gasteiger partial charge < -0.3 is 14.5 Å². The van der Waals surface area contributed by atoms with Gasteiger partial charge in [0.05, 0.1) is 17.7 Å². The minimum Gasteiger partial charge on any atom is -0.495 e. The summed E-state index contributed by atoms with van der Waals surface area (Å²) in [5.41, 5.74) is 3.23. The van der Waals surface area contributed by atoms with E-state index in [1.165, 1.54) is 6.07 Å². The first kappa shape index (κ1) is 16.0. The van der Waals surface area contributed by atoms with Crippen molar-refractivity contribution in [1.29, 1.82) is 0 Å². The maximum Gasteiger partial charge on any atom is 0.269 e. The van der Waals surface area contributed by atoms with Gasteiger partial charge in [-0.3, -0.25) is 10.1 Å². The number of nitro groups is 1. The van der Waals surface area contributed by atoms with E-state index in [2.05, 4.69) is 5.32 Å². The van der Waals surface area contributed by atoms with E-state index in [-0.39, 0.29) is 5.69 Å². The van der Waals surface area contributed by atoms with Crippen LogP contribution in [0.2, 0.25) is 0 Å². The molecule has 0 spiro atoms. The third kappa shape index (κ3) is 2.82. The zero-order chi connectivity index (χ0) is 18.1. The fourth-order valence-corrected chi connectivity index (χ4v) is 3.04. The summed E-state index contributed by atoms with van der Waals surface area (Å²) in [6.45, 7) is 0.434. The van der Waals surface area contributed by atoms with Crippen molar-refractivity contribution in [3.05, 3.63) is 76.3 Å². The van der Waals surface area contributed by atoms with Crippen molar-refractivity contribution in [3.63, 3.8) is 0 Å². The fraction of sp³-hybridized carbons (Fsp3) is 0.100. The number of nitrogens with one attached hydrogen (secondary N) is 1. The normalized spacial score (nSPS) is 11.0. The Morgan fingerprint density at radius 1 is 1.04 bits per heavy atom. The molecule has 6 heteroatoms. The number of hydrogen-bond donors (Lipinski definition) is 1. The second-order valence-electron chi connectivity index (χ2n) is 5.93. The van der Waals surface area contributed by atoms with Crippen LogP contribution in [0.1, 0.15) is 5.56 Å². The van der Waals surface area contributed by atoms with Crippen molar-refractivity contribution in [1.82, 2.24) is 0 Å². The molecule has 4 rings (SSSR count). The monoisotopic (exact) mass is 348 g/mol. The van der Waals surface area contributed by atoms with Crippen molar-refractivity contribution in [2.45, 2.75) is 6.54 Å². The zero-order valence-corrected chi connectivity index (χ0v) is 14.1. The Labute approximate surface area is 149 Å². The summed E-state index contributed by atoms with van der Waals surface area (Å²) in [7, 11) is 1.61. The van der Waals surface area contributed by atoms with E-state index in [4.69, 9.17) is 9.15 Å². The van der Waals surface area contributed by atoms with Gasteiger partial charge in [-0.1, -0.05) is 30.3 Å². The van der Waals surface area contributed by atoms with E-state index >= 15 is 0 Å². The average Bonchev–Trinajstić information content (AvgIpc) is 3.03. The van der Waals surface area contributed by atoms with Crippen LogP contribution in [0.5, 0.6) is 5.75 Å². The SMILES string of the molecule is COc1cc2c(cc1NCc1cccc([N+](=O)[O-])c1)oc1ccccc12. The Morgan fingerprint density at radius 2 is 1.88 bits per heavy atom. The second kappa shape index (κ2) is 6.40. The number of rotatable bonds is 5. The summed E-state index contributed by atoms with van der Waals surface area (Å²) in [4.78, 5) is 10.5. The van der Waals surface area contributed by atoms with Gasteiger partial charge in [-0.15, -0.1) is 0 Å². The number of nitrogens with zero attached hydrogens (tertiary/aromatic N) is 1. The van der Waals surface area contributed by atoms with Crippen LogP contribution < -0.4 is 10.1 Å². The lowest BCUT2D eigenvalue weighted by atomic mass is 10.1. The van der Waals surface area contributed by atoms with E-state index in [9.17, 15) is 10.1 Å². The van der Waals surface area contributed by atoms with E-state index < -0.39 is 4.92 Å². The van der Waals surface area contributed by atoms with Gasteiger partial charge in [0.1, 0.15) is 16.9 Å². The number of non-ortho nitro benzene ring substituents is 1. The van der Waals surface area contributed by atoms with Crippen LogP contribution in [0.3, 0.4) is 0 Å². The number of anilines is 1. The molecule has 0 saturated carbocycles. The minimum absolute atomic E-state index is 0.0731. The molecule has 0 amide bonds. The molecule has 0 unspecified atom stereocenters. The molecule has 130 valence electrons. The van der Waals surface area contributed by atoms with Gasteiger partial charge in [0, 0.05) is 35.5 Å². The van der Waals surface area contributed by atoms with E-state index in [0.29, 0.717) is 12.3 Å². The highest BCUT2D eigenvalue weighted by Gasteiger charge is 2.12. The van der Waals surface area contributed by atoms with Gasteiger partial charge in [-0.2, -0.15) is 0 Å². The molecule has 26 heavy (non-hydrogen) atoms. The van der Waals surface area contributed by atoms with Crippen LogP contribution in [0.4, 0.5) is 11.4 Å². The highest BCUT2D eigenvalue weighted by atomic mass is 16.6.